The smallest absolute Gasteiger partial charge is 0.337 e. The van der Waals surface area contributed by atoms with E-state index in [2.05, 4.69) is 0 Å². The molecular formula is C12H15FO3. The summed E-state index contributed by atoms with van der Waals surface area (Å²) in [5, 5.41) is 8.97. The van der Waals surface area contributed by atoms with Crippen LogP contribution in [0, 0.1) is 12.7 Å². The van der Waals surface area contributed by atoms with E-state index in [0.29, 0.717) is 17.7 Å². The average Bonchev–Trinajstić information content (AvgIpc) is 2.23. The maximum absolute atomic E-state index is 13.3. The van der Waals surface area contributed by atoms with Gasteiger partial charge in [-0.25, -0.2) is 9.18 Å². The van der Waals surface area contributed by atoms with E-state index in [1.165, 1.54) is 6.07 Å². The van der Waals surface area contributed by atoms with E-state index in [9.17, 15) is 9.18 Å². The van der Waals surface area contributed by atoms with Crippen LogP contribution in [0.5, 0.6) is 0 Å². The molecule has 0 fully saturated rings. The minimum absolute atomic E-state index is 0.337. The van der Waals surface area contributed by atoms with Gasteiger partial charge in [0.05, 0.1) is 0 Å². The fraction of sp³-hybridized carbons (Fsp3) is 0.417. The van der Waals surface area contributed by atoms with E-state index < -0.39 is 17.9 Å². The Balaban J connectivity index is 2.92. The van der Waals surface area contributed by atoms with Crippen LogP contribution in [0.4, 0.5) is 4.39 Å². The van der Waals surface area contributed by atoms with Crippen molar-refractivity contribution in [2.75, 3.05) is 6.61 Å². The molecule has 0 amide bonds. The highest BCUT2D eigenvalue weighted by atomic mass is 19.1. The van der Waals surface area contributed by atoms with Gasteiger partial charge in [0, 0.05) is 6.61 Å². The van der Waals surface area contributed by atoms with Crippen LogP contribution in [0.3, 0.4) is 0 Å². The second-order valence-corrected chi connectivity index (χ2v) is 3.60. The Kier molecular flexibility index (Phi) is 4.43. The number of carboxylic acid groups (broad SMARTS) is 1. The first-order valence-corrected chi connectivity index (χ1v) is 5.16. The van der Waals surface area contributed by atoms with Gasteiger partial charge < -0.3 is 9.84 Å². The molecule has 1 aromatic carbocycles. The lowest BCUT2D eigenvalue weighted by atomic mass is 10.1. The molecule has 1 unspecified atom stereocenters. The second-order valence-electron chi connectivity index (χ2n) is 3.60. The molecular weight excluding hydrogens is 211 g/mol. The van der Waals surface area contributed by atoms with Crippen LogP contribution >= 0.6 is 0 Å². The Morgan fingerprint density at radius 2 is 2.25 bits per heavy atom. The highest BCUT2D eigenvalue weighted by molar-refractivity contribution is 5.74. The Hall–Kier alpha value is -1.42. The van der Waals surface area contributed by atoms with Gasteiger partial charge in [-0.1, -0.05) is 19.1 Å². The first-order chi connectivity index (χ1) is 7.56. The van der Waals surface area contributed by atoms with E-state index in [-0.39, 0.29) is 0 Å². The van der Waals surface area contributed by atoms with Crippen LogP contribution in [0.2, 0.25) is 0 Å². The number of aryl methyl sites for hydroxylation is 1. The van der Waals surface area contributed by atoms with E-state index >= 15 is 0 Å². The third-order valence-electron chi connectivity index (χ3n) is 2.21. The summed E-state index contributed by atoms with van der Waals surface area (Å²) in [7, 11) is 0. The molecule has 0 saturated heterocycles. The molecule has 0 saturated carbocycles. The van der Waals surface area contributed by atoms with Gasteiger partial charge in [0.2, 0.25) is 0 Å². The van der Waals surface area contributed by atoms with Crippen molar-refractivity contribution in [1.82, 2.24) is 0 Å². The van der Waals surface area contributed by atoms with Crippen molar-refractivity contribution in [2.24, 2.45) is 0 Å². The summed E-state index contributed by atoms with van der Waals surface area (Å²) < 4.78 is 18.4. The normalized spacial score (nSPS) is 12.4. The third-order valence-corrected chi connectivity index (χ3v) is 2.21. The van der Waals surface area contributed by atoms with E-state index in [1.807, 2.05) is 6.92 Å². The summed E-state index contributed by atoms with van der Waals surface area (Å²) >= 11 is 0. The highest BCUT2D eigenvalue weighted by Crippen LogP contribution is 2.20. The Morgan fingerprint density at radius 3 is 2.75 bits per heavy atom. The van der Waals surface area contributed by atoms with Gasteiger partial charge in [0.1, 0.15) is 5.82 Å². The second kappa shape index (κ2) is 5.61. The number of hydrogen-bond acceptors (Lipinski definition) is 2. The average molecular weight is 226 g/mol. The van der Waals surface area contributed by atoms with Gasteiger partial charge >= 0.3 is 5.97 Å². The summed E-state index contributed by atoms with van der Waals surface area (Å²) in [4.78, 5) is 11.0. The van der Waals surface area contributed by atoms with Crippen LogP contribution in [-0.4, -0.2) is 17.7 Å². The molecule has 0 aliphatic carbocycles. The Labute approximate surface area is 93.9 Å². The lowest BCUT2D eigenvalue weighted by Gasteiger charge is -2.13. The largest absolute Gasteiger partial charge is 0.479 e. The summed E-state index contributed by atoms with van der Waals surface area (Å²) in [6.45, 7) is 3.85. The molecule has 0 spiro atoms. The monoisotopic (exact) mass is 226 g/mol. The number of benzene rings is 1. The summed E-state index contributed by atoms with van der Waals surface area (Å²) in [5.74, 6) is -1.51. The molecule has 4 heteroatoms. The molecule has 0 aliphatic heterocycles. The molecule has 0 heterocycles. The molecule has 0 radical (unpaired) electrons. The first-order valence-electron chi connectivity index (χ1n) is 5.16. The maximum Gasteiger partial charge on any atom is 0.337 e. The van der Waals surface area contributed by atoms with Crippen LogP contribution in [0.1, 0.15) is 30.6 Å². The molecule has 1 atom stereocenters. The van der Waals surface area contributed by atoms with Gasteiger partial charge in [0.15, 0.2) is 6.10 Å². The van der Waals surface area contributed by atoms with E-state index in [0.717, 1.165) is 6.42 Å². The van der Waals surface area contributed by atoms with Gasteiger partial charge in [-0.3, -0.25) is 0 Å². The van der Waals surface area contributed by atoms with Crippen molar-refractivity contribution in [3.63, 3.8) is 0 Å². The minimum Gasteiger partial charge on any atom is -0.479 e. The molecule has 0 aromatic heterocycles. The molecule has 0 aliphatic rings. The number of carboxylic acids is 1. The van der Waals surface area contributed by atoms with E-state index in [4.69, 9.17) is 9.84 Å². The highest BCUT2D eigenvalue weighted by Gasteiger charge is 2.20. The maximum atomic E-state index is 13.3. The van der Waals surface area contributed by atoms with Crippen molar-refractivity contribution < 1.29 is 19.0 Å². The van der Waals surface area contributed by atoms with Crippen molar-refractivity contribution in [3.8, 4) is 0 Å². The number of hydrogen-bond donors (Lipinski definition) is 1. The van der Waals surface area contributed by atoms with Gasteiger partial charge in [-0.2, -0.15) is 0 Å². The fourth-order valence-electron chi connectivity index (χ4n) is 1.32. The van der Waals surface area contributed by atoms with Crippen molar-refractivity contribution >= 4 is 5.97 Å². The number of halogens is 1. The van der Waals surface area contributed by atoms with Crippen molar-refractivity contribution in [1.29, 1.82) is 0 Å². The number of rotatable bonds is 5. The fourth-order valence-corrected chi connectivity index (χ4v) is 1.32. The van der Waals surface area contributed by atoms with Crippen molar-refractivity contribution in [2.45, 2.75) is 26.4 Å². The zero-order chi connectivity index (χ0) is 12.1. The van der Waals surface area contributed by atoms with Gasteiger partial charge in [-0.05, 0) is 30.5 Å². The number of aliphatic carboxylic acids is 1. The minimum atomic E-state index is -1.10. The first kappa shape index (κ1) is 12.6. The molecule has 1 aromatic rings. The van der Waals surface area contributed by atoms with Crippen molar-refractivity contribution in [3.05, 3.63) is 35.1 Å². The summed E-state index contributed by atoms with van der Waals surface area (Å²) in [6, 6.07) is 4.34. The predicted molar refractivity (Wildman–Crippen MR) is 57.8 cm³/mol. The summed E-state index contributed by atoms with van der Waals surface area (Å²) in [5.41, 5.74) is 0.826. The Bertz CT molecular complexity index is 377. The number of ether oxygens (including phenoxy) is 1. The molecule has 0 bridgehead atoms. The summed E-state index contributed by atoms with van der Waals surface area (Å²) in [6.07, 6.45) is -0.368. The molecule has 16 heavy (non-hydrogen) atoms. The van der Waals surface area contributed by atoms with Crippen LogP contribution in [0.25, 0.3) is 0 Å². The van der Waals surface area contributed by atoms with Gasteiger partial charge in [0.25, 0.3) is 0 Å². The number of carbonyl (C=O) groups is 1. The molecule has 1 rings (SSSR count). The Morgan fingerprint density at radius 1 is 1.56 bits per heavy atom. The SMILES string of the molecule is CCCOC(C(=O)O)c1ccc(C)c(F)c1. The zero-order valence-electron chi connectivity index (χ0n) is 9.37. The third kappa shape index (κ3) is 3.03. The standard InChI is InChI=1S/C12H15FO3/c1-3-6-16-11(12(14)15)9-5-4-8(2)10(13)7-9/h4-5,7,11H,3,6H2,1-2H3,(H,14,15). The molecule has 3 nitrogen and oxygen atoms in total. The van der Waals surface area contributed by atoms with Crippen LogP contribution < -0.4 is 0 Å². The lowest BCUT2D eigenvalue weighted by Crippen LogP contribution is -2.16. The lowest BCUT2D eigenvalue weighted by molar-refractivity contribution is -0.150. The zero-order valence-corrected chi connectivity index (χ0v) is 9.37. The predicted octanol–water partition coefficient (Wildman–Crippen LogP) is 2.69. The quantitative estimate of drug-likeness (QED) is 0.839. The van der Waals surface area contributed by atoms with Gasteiger partial charge in [-0.15, -0.1) is 0 Å². The van der Waals surface area contributed by atoms with Crippen LogP contribution in [-0.2, 0) is 9.53 Å². The van der Waals surface area contributed by atoms with Crippen LogP contribution in [0.15, 0.2) is 18.2 Å². The topological polar surface area (TPSA) is 46.5 Å². The van der Waals surface area contributed by atoms with E-state index in [1.54, 1.807) is 19.1 Å². The molecule has 88 valence electrons. The molecule has 1 N–H and O–H groups in total.